The SMILES string of the molecule is CCC(C)c1ccc(Cn2c(C3CC(=O)N(c4ccc(Cl)cc4)C3)nc3ccccc32)cc1. The van der Waals surface area contributed by atoms with E-state index in [0.29, 0.717) is 23.9 Å². The zero-order valence-electron chi connectivity index (χ0n) is 19.0. The number of benzene rings is 3. The van der Waals surface area contributed by atoms with Gasteiger partial charge in [0.15, 0.2) is 0 Å². The Bertz CT molecular complexity index is 1280. The van der Waals surface area contributed by atoms with Crippen molar-refractivity contribution in [1.82, 2.24) is 9.55 Å². The Morgan fingerprint density at radius 2 is 1.76 bits per heavy atom. The molecule has 1 aromatic heterocycles. The van der Waals surface area contributed by atoms with Gasteiger partial charge < -0.3 is 9.47 Å². The van der Waals surface area contributed by atoms with Crippen LogP contribution in [-0.4, -0.2) is 22.0 Å². The number of anilines is 1. The molecule has 0 spiro atoms. The molecule has 4 nitrogen and oxygen atoms in total. The number of imidazole rings is 1. The number of carbonyl (C=O) groups is 1. The zero-order valence-corrected chi connectivity index (χ0v) is 19.8. The summed E-state index contributed by atoms with van der Waals surface area (Å²) in [7, 11) is 0. The number of halogens is 1. The van der Waals surface area contributed by atoms with Crippen LogP contribution >= 0.6 is 11.6 Å². The van der Waals surface area contributed by atoms with Crippen LogP contribution < -0.4 is 4.90 Å². The van der Waals surface area contributed by atoms with E-state index in [1.165, 1.54) is 11.1 Å². The lowest BCUT2D eigenvalue weighted by Crippen LogP contribution is -2.24. The molecule has 0 radical (unpaired) electrons. The lowest BCUT2D eigenvalue weighted by molar-refractivity contribution is -0.117. The topological polar surface area (TPSA) is 38.1 Å². The van der Waals surface area contributed by atoms with E-state index in [4.69, 9.17) is 16.6 Å². The van der Waals surface area contributed by atoms with Gasteiger partial charge in [-0.15, -0.1) is 0 Å². The van der Waals surface area contributed by atoms with E-state index >= 15 is 0 Å². The predicted octanol–water partition coefficient (Wildman–Crippen LogP) is 6.77. The first-order chi connectivity index (χ1) is 16.0. The fraction of sp³-hybridized carbons (Fsp3) is 0.286. The van der Waals surface area contributed by atoms with Crippen LogP contribution in [0.1, 0.15) is 55.5 Å². The minimum Gasteiger partial charge on any atom is -0.323 e. The molecule has 1 saturated heterocycles. The molecular weight excluding hydrogens is 430 g/mol. The summed E-state index contributed by atoms with van der Waals surface area (Å²) in [5, 5.41) is 0.670. The standard InChI is InChI=1S/C28H28ClN3O/c1-3-19(2)21-10-8-20(9-11-21)17-32-26-7-5-4-6-25(26)30-28(32)22-16-27(33)31(18-22)24-14-12-23(29)13-15-24/h4-15,19,22H,3,16-18H2,1-2H3. The summed E-state index contributed by atoms with van der Waals surface area (Å²) in [5.74, 6) is 1.71. The first kappa shape index (κ1) is 21.7. The quantitative estimate of drug-likeness (QED) is 0.320. The Labute approximate surface area is 199 Å². The third-order valence-corrected chi connectivity index (χ3v) is 7.07. The van der Waals surface area contributed by atoms with E-state index in [9.17, 15) is 4.79 Å². The Morgan fingerprint density at radius 1 is 1.03 bits per heavy atom. The lowest BCUT2D eigenvalue weighted by atomic mass is 9.97. The van der Waals surface area contributed by atoms with Crippen LogP contribution in [0.15, 0.2) is 72.8 Å². The first-order valence-corrected chi connectivity index (χ1v) is 12.0. The predicted molar refractivity (Wildman–Crippen MR) is 135 cm³/mol. The van der Waals surface area contributed by atoms with Crippen LogP contribution in [0.2, 0.25) is 5.02 Å². The van der Waals surface area contributed by atoms with Gasteiger partial charge in [-0.1, -0.05) is 61.8 Å². The van der Waals surface area contributed by atoms with E-state index in [0.717, 1.165) is 35.5 Å². The highest BCUT2D eigenvalue weighted by atomic mass is 35.5. The van der Waals surface area contributed by atoms with Gasteiger partial charge in [-0.05, 0) is 59.9 Å². The number of para-hydroxylation sites is 2. The molecule has 0 saturated carbocycles. The molecular formula is C28H28ClN3O. The van der Waals surface area contributed by atoms with Crippen molar-refractivity contribution >= 4 is 34.2 Å². The molecule has 2 atom stereocenters. The highest BCUT2D eigenvalue weighted by Gasteiger charge is 2.34. The molecule has 3 aromatic carbocycles. The number of rotatable bonds is 6. The number of amides is 1. The maximum Gasteiger partial charge on any atom is 0.227 e. The van der Waals surface area contributed by atoms with Crippen LogP contribution in [0.3, 0.4) is 0 Å². The smallest absolute Gasteiger partial charge is 0.227 e. The third-order valence-electron chi connectivity index (χ3n) is 6.81. The van der Waals surface area contributed by atoms with Crippen LogP contribution in [-0.2, 0) is 11.3 Å². The number of aromatic nitrogens is 2. The van der Waals surface area contributed by atoms with Crippen LogP contribution in [0, 0.1) is 0 Å². The summed E-state index contributed by atoms with van der Waals surface area (Å²) in [6.07, 6.45) is 1.59. The fourth-order valence-corrected chi connectivity index (χ4v) is 4.82. The lowest BCUT2D eigenvalue weighted by Gasteiger charge is -2.18. The van der Waals surface area contributed by atoms with Crippen LogP contribution in [0.4, 0.5) is 5.69 Å². The van der Waals surface area contributed by atoms with Gasteiger partial charge in [0.25, 0.3) is 0 Å². The second-order valence-electron chi connectivity index (χ2n) is 8.98. The van der Waals surface area contributed by atoms with Crippen LogP contribution in [0.5, 0.6) is 0 Å². The summed E-state index contributed by atoms with van der Waals surface area (Å²) in [4.78, 5) is 19.8. The van der Waals surface area contributed by atoms with Crippen molar-refractivity contribution in [3.8, 4) is 0 Å². The van der Waals surface area contributed by atoms with Crippen molar-refractivity contribution in [3.05, 3.63) is 94.8 Å². The number of nitrogens with zero attached hydrogens (tertiary/aromatic N) is 3. The van der Waals surface area contributed by atoms with Gasteiger partial charge in [0, 0.05) is 36.1 Å². The Morgan fingerprint density at radius 3 is 2.48 bits per heavy atom. The van der Waals surface area contributed by atoms with Crippen molar-refractivity contribution in [2.45, 2.75) is 45.1 Å². The zero-order chi connectivity index (χ0) is 22.9. The molecule has 0 aliphatic carbocycles. The van der Waals surface area contributed by atoms with Gasteiger partial charge in [-0.2, -0.15) is 0 Å². The molecule has 5 rings (SSSR count). The second-order valence-corrected chi connectivity index (χ2v) is 9.41. The van der Waals surface area contributed by atoms with Crippen molar-refractivity contribution < 1.29 is 4.79 Å². The Kier molecular flexibility index (Phi) is 5.94. The molecule has 33 heavy (non-hydrogen) atoms. The third kappa shape index (κ3) is 4.28. The van der Waals surface area contributed by atoms with Crippen LogP contribution in [0.25, 0.3) is 11.0 Å². The van der Waals surface area contributed by atoms with E-state index in [2.05, 4.69) is 60.9 Å². The summed E-state index contributed by atoms with van der Waals surface area (Å²) >= 11 is 6.04. The molecule has 0 N–H and O–H groups in total. The maximum absolute atomic E-state index is 12.9. The minimum atomic E-state index is 0.0416. The van der Waals surface area contributed by atoms with E-state index in [-0.39, 0.29) is 11.8 Å². The second kappa shape index (κ2) is 9.03. The van der Waals surface area contributed by atoms with Gasteiger partial charge in [-0.25, -0.2) is 4.98 Å². The van der Waals surface area contributed by atoms with E-state index in [1.807, 2.05) is 35.2 Å². The molecule has 1 aliphatic rings. The molecule has 2 heterocycles. The Hall–Kier alpha value is -3.11. The molecule has 2 unspecified atom stereocenters. The molecule has 0 bridgehead atoms. The fourth-order valence-electron chi connectivity index (χ4n) is 4.69. The van der Waals surface area contributed by atoms with Crippen molar-refractivity contribution in [3.63, 3.8) is 0 Å². The van der Waals surface area contributed by atoms with E-state index in [1.54, 1.807) is 0 Å². The minimum absolute atomic E-state index is 0.0416. The van der Waals surface area contributed by atoms with Gasteiger partial charge in [0.1, 0.15) is 5.82 Å². The van der Waals surface area contributed by atoms with Crippen molar-refractivity contribution in [1.29, 1.82) is 0 Å². The largest absolute Gasteiger partial charge is 0.323 e. The monoisotopic (exact) mass is 457 g/mol. The Balaban J connectivity index is 1.47. The highest BCUT2D eigenvalue weighted by molar-refractivity contribution is 6.30. The average molecular weight is 458 g/mol. The average Bonchev–Trinajstić information content (AvgIpc) is 3.40. The number of hydrogen-bond acceptors (Lipinski definition) is 2. The molecule has 1 aliphatic heterocycles. The molecule has 1 amide bonds. The highest BCUT2D eigenvalue weighted by Crippen LogP contribution is 2.34. The first-order valence-electron chi connectivity index (χ1n) is 11.6. The maximum atomic E-state index is 12.9. The normalized spacial score (nSPS) is 17.1. The summed E-state index contributed by atoms with van der Waals surface area (Å²) in [5.41, 5.74) is 5.58. The number of fused-ring (bicyclic) bond motifs is 1. The van der Waals surface area contributed by atoms with Gasteiger partial charge >= 0.3 is 0 Å². The number of carbonyl (C=O) groups excluding carboxylic acids is 1. The summed E-state index contributed by atoms with van der Waals surface area (Å²) < 4.78 is 2.29. The van der Waals surface area contributed by atoms with Crippen molar-refractivity contribution in [2.75, 3.05) is 11.4 Å². The van der Waals surface area contributed by atoms with E-state index < -0.39 is 0 Å². The van der Waals surface area contributed by atoms with Crippen molar-refractivity contribution in [2.24, 2.45) is 0 Å². The summed E-state index contributed by atoms with van der Waals surface area (Å²) in [6.45, 7) is 5.84. The van der Waals surface area contributed by atoms with Gasteiger partial charge in [0.2, 0.25) is 5.91 Å². The van der Waals surface area contributed by atoms with Gasteiger partial charge in [0.05, 0.1) is 11.0 Å². The van der Waals surface area contributed by atoms with Gasteiger partial charge in [-0.3, -0.25) is 4.79 Å². The molecule has 1 fully saturated rings. The number of hydrogen-bond donors (Lipinski definition) is 0. The molecule has 4 aromatic rings. The molecule has 5 heteroatoms. The molecule has 168 valence electrons. The summed E-state index contributed by atoms with van der Waals surface area (Å²) in [6, 6.07) is 24.6.